The van der Waals surface area contributed by atoms with Gasteiger partial charge in [-0.1, -0.05) is 23.3 Å². The number of hydrogen-bond donors (Lipinski definition) is 1. The van der Waals surface area contributed by atoms with Gasteiger partial charge in [-0.05, 0) is 44.4 Å². The number of nitrogens with one attached hydrogen (secondary N) is 1. The van der Waals surface area contributed by atoms with Gasteiger partial charge >= 0.3 is 0 Å². The van der Waals surface area contributed by atoms with E-state index in [0.717, 1.165) is 23.1 Å². The lowest BCUT2D eigenvalue weighted by Gasteiger charge is -2.13. The van der Waals surface area contributed by atoms with E-state index in [4.69, 9.17) is 0 Å². The third kappa shape index (κ3) is 3.93. The summed E-state index contributed by atoms with van der Waals surface area (Å²) in [5.74, 6) is 0.0101. The van der Waals surface area contributed by atoms with Crippen molar-refractivity contribution in [3.8, 4) is 0 Å². The van der Waals surface area contributed by atoms with E-state index in [1.807, 2.05) is 39.0 Å². The monoisotopic (exact) mass is 273 g/mol. The molecule has 1 aromatic heterocycles. The van der Waals surface area contributed by atoms with Crippen LogP contribution in [0.15, 0.2) is 35.7 Å². The number of hydrogen-bond acceptors (Lipinski definition) is 2. The lowest BCUT2D eigenvalue weighted by atomic mass is 10.1. The zero-order valence-electron chi connectivity index (χ0n) is 11.6. The van der Waals surface area contributed by atoms with Gasteiger partial charge in [-0.2, -0.15) is 0 Å². The molecular formula is C16H19NOS. The second-order valence-electron chi connectivity index (χ2n) is 5.03. The molecule has 0 aliphatic carbocycles. The molecule has 1 N–H and O–H groups in total. The second-order valence-corrected chi connectivity index (χ2v) is 6.07. The van der Waals surface area contributed by atoms with Crippen molar-refractivity contribution in [1.29, 1.82) is 0 Å². The molecule has 3 heteroatoms. The van der Waals surface area contributed by atoms with Crippen LogP contribution in [0.4, 0.5) is 0 Å². The van der Waals surface area contributed by atoms with Crippen molar-refractivity contribution < 1.29 is 4.79 Å². The molecule has 1 aromatic carbocycles. The molecule has 100 valence electrons. The summed E-state index contributed by atoms with van der Waals surface area (Å²) in [5.41, 5.74) is 2.99. The van der Waals surface area contributed by atoms with Gasteiger partial charge < -0.3 is 5.32 Å². The Morgan fingerprint density at radius 3 is 2.53 bits per heavy atom. The first-order chi connectivity index (χ1) is 9.04. The van der Waals surface area contributed by atoms with E-state index in [9.17, 15) is 4.79 Å². The van der Waals surface area contributed by atoms with E-state index in [-0.39, 0.29) is 11.9 Å². The van der Waals surface area contributed by atoms with Gasteiger partial charge in [-0.15, -0.1) is 11.3 Å². The Hall–Kier alpha value is -1.61. The fourth-order valence-corrected chi connectivity index (χ4v) is 3.03. The topological polar surface area (TPSA) is 29.1 Å². The SMILES string of the molecule is Cc1cc(C)cc(C(=O)NC(C)Cc2cccs2)c1. The molecule has 0 aliphatic heterocycles. The summed E-state index contributed by atoms with van der Waals surface area (Å²) in [4.78, 5) is 13.5. The van der Waals surface area contributed by atoms with Crippen molar-refractivity contribution >= 4 is 17.2 Å². The maximum atomic E-state index is 12.2. The molecule has 19 heavy (non-hydrogen) atoms. The molecule has 0 saturated heterocycles. The summed E-state index contributed by atoms with van der Waals surface area (Å²) in [6, 6.07) is 10.2. The molecule has 1 unspecified atom stereocenters. The number of rotatable bonds is 4. The number of carbonyl (C=O) groups excluding carboxylic acids is 1. The average Bonchev–Trinajstić information content (AvgIpc) is 2.80. The third-order valence-corrected chi connectivity index (χ3v) is 3.85. The Morgan fingerprint density at radius 1 is 1.26 bits per heavy atom. The minimum absolute atomic E-state index is 0.0101. The summed E-state index contributed by atoms with van der Waals surface area (Å²) in [6.07, 6.45) is 0.883. The minimum Gasteiger partial charge on any atom is -0.349 e. The first-order valence-corrected chi connectivity index (χ1v) is 7.34. The summed E-state index contributed by atoms with van der Waals surface area (Å²) >= 11 is 1.73. The van der Waals surface area contributed by atoms with Crippen LogP contribution in [0.1, 0.15) is 33.3 Å². The van der Waals surface area contributed by atoms with Crippen molar-refractivity contribution in [3.63, 3.8) is 0 Å². The molecular weight excluding hydrogens is 254 g/mol. The zero-order chi connectivity index (χ0) is 13.8. The van der Waals surface area contributed by atoms with E-state index < -0.39 is 0 Å². The highest BCUT2D eigenvalue weighted by atomic mass is 32.1. The predicted molar refractivity (Wildman–Crippen MR) is 80.9 cm³/mol. The number of benzene rings is 1. The van der Waals surface area contributed by atoms with Crippen molar-refractivity contribution in [2.75, 3.05) is 0 Å². The maximum absolute atomic E-state index is 12.2. The van der Waals surface area contributed by atoms with Crippen LogP contribution in [0.3, 0.4) is 0 Å². The lowest BCUT2D eigenvalue weighted by Crippen LogP contribution is -2.33. The summed E-state index contributed by atoms with van der Waals surface area (Å²) < 4.78 is 0. The number of thiophene rings is 1. The number of aryl methyl sites for hydroxylation is 2. The molecule has 1 amide bonds. The minimum atomic E-state index is 0.0101. The molecule has 0 fully saturated rings. The Labute approximate surface area is 118 Å². The average molecular weight is 273 g/mol. The van der Waals surface area contributed by atoms with Crippen LogP contribution in [0, 0.1) is 13.8 Å². The summed E-state index contributed by atoms with van der Waals surface area (Å²) in [5, 5.41) is 5.12. The zero-order valence-corrected chi connectivity index (χ0v) is 12.4. The van der Waals surface area contributed by atoms with Crippen molar-refractivity contribution in [1.82, 2.24) is 5.32 Å². The highest BCUT2D eigenvalue weighted by Crippen LogP contribution is 2.12. The van der Waals surface area contributed by atoms with Crippen LogP contribution in [-0.4, -0.2) is 11.9 Å². The van der Waals surface area contributed by atoms with E-state index >= 15 is 0 Å². The van der Waals surface area contributed by atoms with E-state index in [0.29, 0.717) is 0 Å². The largest absolute Gasteiger partial charge is 0.349 e. The third-order valence-electron chi connectivity index (χ3n) is 2.95. The molecule has 2 aromatic rings. The van der Waals surface area contributed by atoms with Crippen molar-refractivity contribution in [2.45, 2.75) is 33.2 Å². The molecule has 2 rings (SSSR count). The predicted octanol–water partition coefficient (Wildman–Crippen LogP) is 3.73. The van der Waals surface area contributed by atoms with Crippen LogP contribution < -0.4 is 5.32 Å². The maximum Gasteiger partial charge on any atom is 0.251 e. The molecule has 1 heterocycles. The van der Waals surface area contributed by atoms with Crippen LogP contribution in [-0.2, 0) is 6.42 Å². The first kappa shape index (κ1) is 13.8. The van der Waals surface area contributed by atoms with Crippen LogP contribution >= 0.6 is 11.3 Å². The molecule has 1 atom stereocenters. The summed E-state index contributed by atoms with van der Waals surface area (Å²) in [6.45, 7) is 6.07. The van der Waals surface area contributed by atoms with Gasteiger partial charge in [0.2, 0.25) is 0 Å². The van der Waals surface area contributed by atoms with Gasteiger partial charge in [-0.3, -0.25) is 4.79 Å². The second kappa shape index (κ2) is 6.02. The Morgan fingerprint density at radius 2 is 1.95 bits per heavy atom. The highest BCUT2D eigenvalue weighted by Gasteiger charge is 2.11. The van der Waals surface area contributed by atoms with E-state index in [1.54, 1.807) is 11.3 Å². The van der Waals surface area contributed by atoms with Crippen LogP contribution in [0.5, 0.6) is 0 Å². The summed E-state index contributed by atoms with van der Waals surface area (Å²) in [7, 11) is 0. The molecule has 0 aliphatic rings. The Balaban J connectivity index is 2.00. The quantitative estimate of drug-likeness (QED) is 0.903. The normalized spacial score (nSPS) is 12.2. The fourth-order valence-electron chi connectivity index (χ4n) is 2.19. The molecule has 0 saturated carbocycles. The van der Waals surface area contributed by atoms with Crippen LogP contribution in [0.25, 0.3) is 0 Å². The molecule has 2 nitrogen and oxygen atoms in total. The van der Waals surface area contributed by atoms with Gasteiger partial charge in [-0.25, -0.2) is 0 Å². The smallest absolute Gasteiger partial charge is 0.251 e. The Kier molecular flexibility index (Phi) is 4.38. The standard InChI is InChI=1S/C16H19NOS/c1-11-7-12(2)9-14(8-11)16(18)17-13(3)10-15-5-4-6-19-15/h4-9,13H,10H2,1-3H3,(H,17,18). The van der Waals surface area contributed by atoms with Gasteiger partial charge in [0.1, 0.15) is 0 Å². The van der Waals surface area contributed by atoms with Gasteiger partial charge in [0.25, 0.3) is 5.91 Å². The van der Waals surface area contributed by atoms with Gasteiger partial charge in [0, 0.05) is 22.9 Å². The van der Waals surface area contributed by atoms with E-state index in [2.05, 4.69) is 22.8 Å². The van der Waals surface area contributed by atoms with Crippen LogP contribution in [0.2, 0.25) is 0 Å². The van der Waals surface area contributed by atoms with E-state index in [1.165, 1.54) is 4.88 Å². The van der Waals surface area contributed by atoms with Crippen molar-refractivity contribution in [3.05, 3.63) is 57.3 Å². The number of carbonyl (C=O) groups is 1. The lowest BCUT2D eigenvalue weighted by molar-refractivity contribution is 0.0940. The molecule has 0 spiro atoms. The van der Waals surface area contributed by atoms with Gasteiger partial charge in [0.05, 0.1) is 0 Å². The first-order valence-electron chi connectivity index (χ1n) is 6.46. The van der Waals surface area contributed by atoms with Crippen molar-refractivity contribution in [2.24, 2.45) is 0 Å². The van der Waals surface area contributed by atoms with Gasteiger partial charge in [0.15, 0.2) is 0 Å². The fraction of sp³-hybridized carbons (Fsp3) is 0.312. The molecule has 0 radical (unpaired) electrons. The Bertz CT molecular complexity index is 540. The molecule has 0 bridgehead atoms. The highest BCUT2D eigenvalue weighted by molar-refractivity contribution is 7.09. The number of amides is 1.